The number of anilines is 1. The molecule has 1 aliphatic rings. The third-order valence-electron chi connectivity index (χ3n) is 4.66. The molecule has 0 bridgehead atoms. The van der Waals surface area contributed by atoms with Crippen molar-refractivity contribution in [3.8, 4) is 11.5 Å². The van der Waals surface area contributed by atoms with Crippen LogP contribution in [0.15, 0.2) is 40.1 Å². The van der Waals surface area contributed by atoms with Crippen LogP contribution in [-0.2, 0) is 11.3 Å². The average Bonchev–Trinajstić information content (AvgIpc) is 3.30. The van der Waals surface area contributed by atoms with Crippen molar-refractivity contribution in [1.82, 2.24) is 14.8 Å². The van der Waals surface area contributed by atoms with E-state index in [2.05, 4.69) is 15.5 Å². The van der Waals surface area contributed by atoms with Crippen molar-refractivity contribution in [3.63, 3.8) is 0 Å². The van der Waals surface area contributed by atoms with Gasteiger partial charge in [-0.25, -0.2) is 0 Å². The fourth-order valence-corrected chi connectivity index (χ4v) is 4.02. The van der Waals surface area contributed by atoms with Gasteiger partial charge in [-0.15, -0.1) is 10.2 Å². The number of aromatic nitrogens is 3. The first kappa shape index (κ1) is 20.6. The number of thioether (sulfide) groups is 1. The van der Waals surface area contributed by atoms with E-state index in [0.29, 0.717) is 39.8 Å². The van der Waals surface area contributed by atoms with Gasteiger partial charge in [0.1, 0.15) is 23.1 Å². The van der Waals surface area contributed by atoms with Gasteiger partial charge in [0.2, 0.25) is 5.91 Å². The number of furan rings is 1. The molecule has 158 valence electrons. The summed E-state index contributed by atoms with van der Waals surface area (Å²) in [6.07, 6.45) is 3.86. The normalized spacial score (nSPS) is 13.3. The van der Waals surface area contributed by atoms with Crippen LogP contribution in [0.1, 0.15) is 30.3 Å². The molecule has 8 nitrogen and oxygen atoms in total. The highest BCUT2D eigenvalue weighted by molar-refractivity contribution is 7.99. The molecule has 1 saturated carbocycles. The van der Waals surface area contributed by atoms with E-state index < -0.39 is 0 Å². The number of hydrogen-bond acceptors (Lipinski definition) is 7. The van der Waals surface area contributed by atoms with Crippen LogP contribution in [0.25, 0.3) is 0 Å². The summed E-state index contributed by atoms with van der Waals surface area (Å²) < 4.78 is 18.0. The van der Waals surface area contributed by atoms with E-state index in [1.807, 2.05) is 16.7 Å². The van der Waals surface area contributed by atoms with Crippen LogP contribution in [0.5, 0.6) is 11.5 Å². The van der Waals surface area contributed by atoms with Gasteiger partial charge in [-0.05, 0) is 31.0 Å². The lowest BCUT2D eigenvalue weighted by molar-refractivity contribution is -0.113. The average molecular weight is 449 g/mol. The van der Waals surface area contributed by atoms with E-state index in [9.17, 15) is 4.79 Å². The van der Waals surface area contributed by atoms with Gasteiger partial charge in [-0.2, -0.15) is 0 Å². The lowest BCUT2D eigenvalue weighted by atomic mass is 10.2. The molecule has 1 aliphatic carbocycles. The maximum atomic E-state index is 12.6. The number of nitrogens with zero attached hydrogens (tertiary/aromatic N) is 3. The fraction of sp³-hybridized carbons (Fsp3) is 0.350. The van der Waals surface area contributed by atoms with Gasteiger partial charge in [-0.1, -0.05) is 23.4 Å². The Labute approximate surface area is 182 Å². The number of carbonyl (C=O) groups is 1. The molecule has 1 fully saturated rings. The van der Waals surface area contributed by atoms with Crippen molar-refractivity contribution < 1.29 is 18.7 Å². The Morgan fingerprint density at radius 3 is 2.77 bits per heavy atom. The summed E-state index contributed by atoms with van der Waals surface area (Å²) in [5.41, 5.74) is 0.477. The molecule has 3 aromatic rings. The van der Waals surface area contributed by atoms with E-state index >= 15 is 0 Å². The molecule has 10 heteroatoms. The minimum Gasteiger partial charge on any atom is -0.495 e. The van der Waals surface area contributed by atoms with Gasteiger partial charge in [0.25, 0.3) is 0 Å². The van der Waals surface area contributed by atoms with Crippen molar-refractivity contribution in [2.24, 2.45) is 0 Å². The predicted octanol–water partition coefficient (Wildman–Crippen LogP) is 4.20. The summed E-state index contributed by atoms with van der Waals surface area (Å²) in [6.45, 7) is 0.539. The summed E-state index contributed by atoms with van der Waals surface area (Å²) >= 11 is 7.50. The summed E-state index contributed by atoms with van der Waals surface area (Å²) in [4.78, 5) is 12.6. The summed E-state index contributed by atoms with van der Waals surface area (Å²) in [5.74, 6) is 3.08. The molecule has 30 heavy (non-hydrogen) atoms. The largest absolute Gasteiger partial charge is 0.495 e. The molecule has 0 unspecified atom stereocenters. The van der Waals surface area contributed by atoms with Crippen molar-refractivity contribution in [2.75, 3.05) is 25.3 Å². The van der Waals surface area contributed by atoms with Crippen LogP contribution in [-0.4, -0.2) is 40.6 Å². The molecule has 2 heterocycles. The SMILES string of the molecule is COc1cc(OC)c(NC(=O)CSc2nnc(C3CC3)n2Cc2ccco2)cc1Cl. The quantitative estimate of drug-likeness (QED) is 0.490. The third kappa shape index (κ3) is 4.57. The monoisotopic (exact) mass is 448 g/mol. The fourth-order valence-electron chi connectivity index (χ4n) is 3.03. The summed E-state index contributed by atoms with van der Waals surface area (Å²) in [5, 5.41) is 12.5. The zero-order valence-electron chi connectivity index (χ0n) is 16.6. The second-order valence-electron chi connectivity index (χ2n) is 6.80. The Morgan fingerprint density at radius 2 is 2.10 bits per heavy atom. The predicted molar refractivity (Wildman–Crippen MR) is 114 cm³/mol. The number of carbonyl (C=O) groups excluding carboxylic acids is 1. The van der Waals surface area contributed by atoms with Crippen LogP contribution in [0, 0.1) is 0 Å². The molecule has 1 N–H and O–H groups in total. The second-order valence-corrected chi connectivity index (χ2v) is 8.15. The number of rotatable bonds is 9. The topological polar surface area (TPSA) is 91.4 Å². The maximum absolute atomic E-state index is 12.6. The number of hydrogen-bond donors (Lipinski definition) is 1. The Balaban J connectivity index is 1.45. The van der Waals surface area contributed by atoms with Crippen LogP contribution in [0.2, 0.25) is 5.02 Å². The van der Waals surface area contributed by atoms with Gasteiger partial charge in [0, 0.05) is 12.0 Å². The van der Waals surface area contributed by atoms with Crippen LogP contribution < -0.4 is 14.8 Å². The standard InChI is InChI=1S/C20H21ClN4O4S/c1-27-16-9-17(28-2)15(8-14(16)21)22-18(26)11-30-20-24-23-19(12-5-6-12)25(20)10-13-4-3-7-29-13/h3-4,7-9,12H,5-6,10-11H2,1-2H3,(H,22,26). The van der Waals surface area contributed by atoms with E-state index in [0.717, 1.165) is 24.4 Å². The molecule has 0 aliphatic heterocycles. The zero-order chi connectivity index (χ0) is 21.1. The smallest absolute Gasteiger partial charge is 0.234 e. The highest BCUT2D eigenvalue weighted by Crippen LogP contribution is 2.40. The summed E-state index contributed by atoms with van der Waals surface area (Å²) in [7, 11) is 3.04. The van der Waals surface area contributed by atoms with E-state index in [1.165, 1.54) is 26.0 Å². The van der Waals surface area contributed by atoms with Gasteiger partial charge in [0.15, 0.2) is 5.16 Å². The first-order valence-corrected chi connectivity index (χ1v) is 10.7. The lowest BCUT2D eigenvalue weighted by Gasteiger charge is -2.13. The Kier molecular flexibility index (Phi) is 6.19. The van der Waals surface area contributed by atoms with E-state index in [4.69, 9.17) is 25.5 Å². The van der Waals surface area contributed by atoms with Crippen LogP contribution in [0.3, 0.4) is 0 Å². The molecule has 1 aromatic carbocycles. The number of nitrogens with one attached hydrogen (secondary N) is 1. The number of halogens is 1. The van der Waals surface area contributed by atoms with E-state index in [-0.39, 0.29) is 11.7 Å². The van der Waals surface area contributed by atoms with Gasteiger partial charge in [-0.3, -0.25) is 9.36 Å². The van der Waals surface area contributed by atoms with Crippen molar-refractivity contribution >= 4 is 35.0 Å². The highest BCUT2D eigenvalue weighted by atomic mass is 35.5. The second kappa shape index (κ2) is 9.01. The molecular formula is C20H21ClN4O4S. The van der Waals surface area contributed by atoms with Gasteiger partial charge < -0.3 is 19.2 Å². The number of amides is 1. The molecule has 0 saturated heterocycles. The molecule has 0 atom stereocenters. The van der Waals surface area contributed by atoms with Gasteiger partial charge >= 0.3 is 0 Å². The molecule has 2 aromatic heterocycles. The minimum absolute atomic E-state index is 0.160. The third-order valence-corrected chi connectivity index (χ3v) is 5.92. The Bertz CT molecular complexity index is 1030. The van der Waals surface area contributed by atoms with Crippen molar-refractivity contribution in [1.29, 1.82) is 0 Å². The van der Waals surface area contributed by atoms with Gasteiger partial charge in [0.05, 0.1) is 43.5 Å². The highest BCUT2D eigenvalue weighted by Gasteiger charge is 2.31. The number of ether oxygens (including phenoxy) is 2. The molecular weight excluding hydrogens is 428 g/mol. The van der Waals surface area contributed by atoms with Crippen LogP contribution in [0.4, 0.5) is 5.69 Å². The molecule has 0 spiro atoms. The van der Waals surface area contributed by atoms with Crippen molar-refractivity contribution in [3.05, 3.63) is 47.1 Å². The number of benzene rings is 1. The van der Waals surface area contributed by atoms with Crippen LogP contribution >= 0.6 is 23.4 Å². The lowest BCUT2D eigenvalue weighted by Crippen LogP contribution is -2.15. The maximum Gasteiger partial charge on any atom is 0.234 e. The first-order valence-electron chi connectivity index (χ1n) is 9.38. The Morgan fingerprint density at radius 1 is 1.30 bits per heavy atom. The Hall–Kier alpha value is -2.65. The summed E-state index contributed by atoms with van der Waals surface area (Å²) in [6, 6.07) is 7.00. The first-order chi connectivity index (χ1) is 14.6. The van der Waals surface area contributed by atoms with Crippen molar-refractivity contribution in [2.45, 2.75) is 30.5 Å². The molecule has 4 rings (SSSR count). The van der Waals surface area contributed by atoms with E-state index in [1.54, 1.807) is 18.4 Å². The molecule has 0 radical (unpaired) electrons. The number of methoxy groups -OCH3 is 2. The zero-order valence-corrected chi connectivity index (χ0v) is 18.1. The minimum atomic E-state index is -0.208. The molecule has 1 amide bonds.